The minimum absolute atomic E-state index is 0.0592. The number of hydrogen-bond donors (Lipinski definition) is 1. The van der Waals surface area contributed by atoms with Crippen LogP contribution < -0.4 is 10.9 Å². The topological polar surface area (TPSA) is 46.9 Å². The van der Waals surface area contributed by atoms with E-state index in [0.29, 0.717) is 6.54 Å². The van der Waals surface area contributed by atoms with Crippen LogP contribution in [0.4, 0.5) is 0 Å². The van der Waals surface area contributed by atoms with E-state index in [9.17, 15) is 4.79 Å². The van der Waals surface area contributed by atoms with E-state index >= 15 is 0 Å². The van der Waals surface area contributed by atoms with Crippen molar-refractivity contribution in [3.8, 4) is 0 Å². The predicted octanol–water partition coefficient (Wildman–Crippen LogP) is 2.60. The third-order valence-electron chi connectivity index (χ3n) is 3.48. The second-order valence-electron chi connectivity index (χ2n) is 5.41. The quantitative estimate of drug-likeness (QED) is 0.887. The predicted molar refractivity (Wildman–Crippen MR) is 85.4 cm³/mol. The van der Waals surface area contributed by atoms with Crippen molar-refractivity contribution in [2.75, 3.05) is 6.54 Å². The maximum atomic E-state index is 11.9. The molecule has 1 atom stereocenters. The summed E-state index contributed by atoms with van der Waals surface area (Å²) in [6, 6.07) is 11.9. The molecule has 1 aromatic carbocycles. The normalized spacial score (nSPS) is 12.3. The summed E-state index contributed by atoms with van der Waals surface area (Å²) < 4.78 is 1.54. The summed E-state index contributed by atoms with van der Waals surface area (Å²) in [6.45, 7) is 7.57. The largest absolute Gasteiger partial charge is 0.308 e. The summed E-state index contributed by atoms with van der Waals surface area (Å²) in [7, 11) is 0. The smallest absolute Gasteiger partial charge is 0.266 e. The molecule has 0 bridgehead atoms. The van der Waals surface area contributed by atoms with Gasteiger partial charge in [0.2, 0.25) is 0 Å². The van der Waals surface area contributed by atoms with Crippen LogP contribution in [0.5, 0.6) is 0 Å². The highest BCUT2D eigenvalue weighted by Crippen LogP contribution is 2.15. The van der Waals surface area contributed by atoms with E-state index in [4.69, 9.17) is 0 Å². The summed E-state index contributed by atoms with van der Waals surface area (Å²) in [4.78, 5) is 11.9. The molecule has 0 aliphatic rings. The Morgan fingerprint density at radius 1 is 1.14 bits per heavy atom. The minimum Gasteiger partial charge on any atom is -0.308 e. The van der Waals surface area contributed by atoms with E-state index in [0.717, 1.165) is 18.7 Å². The molecule has 21 heavy (non-hydrogen) atoms. The monoisotopic (exact) mass is 285 g/mol. The third kappa shape index (κ3) is 4.26. The molecule has 0 fully saturated rings. The van der Waals surface area contributed by atoms with Crippen LogP contribution in [0, 0.1) is 13.8 Å². The first-order valence-electron chi connectivity index (χ1n) is 7.45. The van der Waals surface area contributed by atoms with Gasteiger partial charge in [-0.05, 0) is 38.4 Å². The lowest BCUT2D eigenvalue weighted by Crippen LogP contribution is -2.32. The van der Waals surface area contributed by atoms with E-state index < -0.39 is 0 Å². The molecule has 0 spiro atoms. The summed E-state index contributed by atoms with van der Waals surface area (Å²) in [6.07, 6.45) is 1.05. The highest BCUT2D eigenvalue weighted by atomic mass is 16.1. The molecule has 4 heteroatoms. The van der Waals surface area contributed by atoms with Crippen molar-refractivity contribution in [3.63, 3.8) is 0 Å². The van der Waals surface area contributed by atoms with Gasteiger partial charge in [0.25, 0.3) is 5.56 Å². The fourth-order valence-corrected chi connectivity index (χ4v) is 2.26. The van der Waals surface area contributed by atoms with E-state index in [-0.39, 0.29) is 11.6 Å². The van der Waals surface area contributed by atoms with Gasteiger partial charge >= 0.3 is 0 Å². The van der Waals surface area contributed by atoms with Crippen LogP contribution >= 0.6 is 0 Å². The molecule has 0 aliphatic heterocycles. The van der Waals surface area contributed by atoms with Crippen molar-refractivity contribution in [2.45, 2.75) is 39.8 Å². The van der Waals surface area contributed by atoms with Gasteiger partial charge in [-0.2, -0.15) is 5.10 Å². The van der Waals surface area contributed by atoms with Crippen LogP contribution in [0.15, 0.2) is 41.2 Å². The molecule has 1 unspecified atom stereocenters. The van der Waals surface area contributed by atoms with Gasteiger partial charge in [0.05, 0.1) is 18.3 Å². The van der Waals surface area contributed by atoms with Crippen molar-refractivity contribution in [1.29, 1.82) is 0 Å². The van der Waals surface area contributed by atoms with Gasteiger partial charge in [-0.25, -0.2) is 4.68 Å². The fraction of sp³-hybridized carbons (Fsp3) is 0.412. The van der Waals surface area contributed by atoms with Crippen molar-refractivity contribution in [2.24, 2.45) is 0 Å². The summed E-state index contributed by atoms with van der Waals surface area (Å²) in [5.41, 5.74) is 3.21. The average Bonchev–Trinajstić information content (AvgIpc) is 2.48. The highest BCUT2D eigenvalue weighted by Gasteiger charge is 2.13. The molecule has 2 aromatic rings. The molecule has 4 nitrogen and oxygen atoms in total. The Morgan fingerprint density at radius 2 is 1.86 bits per heavy atom. The highest BCUT2D eigenvalue weighted by molar-refractivity contribution is 5.24. The molecule has 2 rings (SSSR count). The second-order valence-corrected chi connectivity index (χ2v) is 5.41. The molecule has 0 saturated carbocycles. The number of nitrogens with one attached hydrogen (secondary N) is 1. The summed E-state index contributed by atoms with van der Waals surface area (Å²) >= 11 is 0. The van der Waals surface area contributed by atoms with Gasteiger partial charge in [-0.1, -0.05) is 36.8 Å². The summed E-state index contributed by atoms with van der Waals surface area (Å²) in [5, 5.41) is 7.83. The second kappa shape index (κ2) is 7.18. The number of benzene rings is 1. The van der Waals surface area contributed by atoms with Gasteiger partial charge < -0.3 is 5.32 Å². The molecular weight excluding hydrogens is 262 g/mol. The Morgan fingerprint density at radius 3 is 2.52 bits per heavy atom. The van der Waals surface area contributed by atoms with Gasteiger partial charge in [0.1, 0.15) is 0 Å². The Balaban J connectivity index is 2.25. The molecule has 0 saturated heterocycles. The van der Waals surface area contributed by atoms with Crippen LogP contribution in [0.2, 0.25) is 0 Å². The zero-order valence-corrected chi connectivity index (χ0v) is 13.0. The fourth-order valence-electron chi connectivity index (χ4n) is 2.26. The lowest BCUT2D eigenvalue weighted by atomic mass is 10.0. The van der Waals surface area contributed by atoms with Crippen LogP contribution in [0.1, 0.15) is 36.2 Å². The molecule has 0 aliphatic carbocycles. The maximum Gasteiger partial charge on any atom is 0.266 e. The number of nitrogens with zero attached hydrogens (tertiary/aromatic N) is 2. The first kappa shape index (κ1) is 15.4. The summed E-state index contributed by atoms with van der Waals surface area (Å²) in [5.74, 6) is 0. The molecule has 112 valence electrons. The van der Waals surface area contributed by atoms with Gasteiger partial charge in [0, 0.05) is 6.07 Å². The maximum absolute atomic E-state index is 11.9. The molecule has 1 heterocycles. The standard InChI is InChI=1S/C17H23N3O/c1-4-11-18-16(15-8-5-13(2)6-9-15)12-20-17(21)10-7-14(3)19-20/h5-10,16,18H,4,11-12H2,1-3H3. The minimum atomic E-state index is -0.0592. The lowest BCUT2D eigenvalue weighted by Gasteiger charge is -2.20. The molecular formula is C17H23N3O. The Labute approximate surface area is 125 Å². The molecule has 0 amide bonds. The Bertz CT molecular complexity index is 631. The Kier molecular flexibility index (Phi) is 5.28. The number of aromatic nitrogens is 2. The Hall–Kier alpha value is -1.94. The van der Waals surface area contributed by atoms with Gasteiger partial charge in [-0.3, -0.25) is 4.79 Å². The lowest BCUT2D eigenvalue weighted by molar-refractivity contribution is 0.424. The first-order chi connectivity index (χ1) is 10.1. The van der Waals surface area contributed by atoms with E-state index in [2.05, 4.69) is 48.5 Å². The SMILES string of the molecule is CCCNC(Cn1nc(C)ccc1=O)c1ccc(C)cc1. The average molecular weight is 285 g/mol. The number of hydrogen-bond acceptors (Lipinski definition) is 3. The number of aryl methyl sites for hydroxylation is 2. The van der Waals surface area contributed by atoms with Crippen LogP contribution in [0.3, 0.4) is 0 Å². The van der Waals surface area contributed by atoms with Crippen molar-refractivity contribution >= 4 is 0 Å². The molecule has 1 aromatic heterocycles. The van der Waals surface area contributed by atoms with Gasteiger partial charge in [0.15, 0.2) is 0 Å². The van der Waals surface area contributed by atoms with E-state index in [1.807, 2.05) is 6.92 Å². The molecule has 1 N–H and O–H groups in total. The van der Waals surface area contributed by atoms with Crippen LogP contribution in [-0.4, -0.2) is 16.3 Å². The zero-order valence-electron chi connectivity index (χ0n) is 13.0. The van der Waals surface area contributed by atoms with Crippen molar-refractivity contribution in [1.82, 2.24) is 15.1 Å². The van der Waals surface area contributed by atoms with Crippen molar-refractivity contribution < 1.29 is 0 Å². The molecule has 0 radical (unpaired) electrons. The first-order valence-corrected chi connectivity index (χ1v) is 7.45. The van der Waals surface area contributed by atoms with Crippen LogP contribution in [-0.2, 0) is 6.54 Å². The third-order valence-corrected chi connectivity index (χ3v) is 3.48. The van der Waals surface area contributed by atoms with Gasteiger partial charge in [-0.15, -0.1) is 0 Å². The van der Waals surface area contributed by atoms with E-state index in [1.165, 1.54) is 11.1 Å². The zero-order chi connectivity index (χ0) is 15.2. The van der Waals surface area contributed by atoms with E-state index in [1.54, 1.807) is 16.8 Å². The van der Waals surface area contributed by atoms with Crippen LogP contribution in [0.25, 0.3) is 0 Å². The van der Waals surface area contributed by atoms with Crippen molar-refractivity contribution in [3.05, 3.63) is 63.6 Å². The number of rotatable bonds is 6.